The van der Waals surface area contributed by atoms with Crippen LogP contribution in [0.25, 0.3) is 0 Å². The molecule has 0 aromatic rings. The van der Waals surface area contributed by atoms with Gasteiger partial charge in [0, 0.05) is 6.42 Å². The lowest BCUT2D eigenvalue weighted by Crippen LogP contribution is -2.05. The van der Waals surface area contributed by atoms with Crippen LogP contribution < -0.4 is 0 Å². The number of allylic oxidation sites excluding steroid dienone is 4. The van der Waals surface area contributed by atoms with Gasteiger partial charge in [-0.05, 0) is 50.9 Å². The van der Waals surface area contributed by atoms with Crippen LogP contribution >= 0.6 is 0 Å². The maximum atomic E-state index is 12.0. The molecular weight excluding hydrogens is 681 g/mol. The fraction of sp³-hybridized carbons (Fsp3) is 0.907. The van der Waals surface area contributed by atoms with E-state index in [9.17, 15) is 4.79 Å². The number of rotatable bonds is 48. The number of carbonyl (C=O) groups excluding carboxylic acids is 1. The molecule has 2 nitrogen and oxygen atoms in total. The Morgan fingerprint density at radius 3 is 1.09 bits per heavy atom. The number of hydrogen-bond donors (Lipinski definition) is 0. The molecule has 0 fully saturated rings. The molecule has 2 heteroatoms. The van der Waals surface area contributed by atoms with Gasteiger partial charge in [-0.1, -0.05) is 276 Å². The molecule has 0 spiro atoms. The number of esters is 1. The van der Waals surface area contributed by atoms with Crippen molar-refractivity contribution in [1.29, 1.82) is 0 Å². The average Bonchev–Trinajstić information content (AvgIpc) is 3.20. The molecule has 0 radical (unpaired) electrons. The van der Waals surface area contributed by atoms with E-state index in [0.717, 1.165) is 31.6 Å². The zero-order valence-corrected chi connectivity index (χ0v) is 39.0. The molecule has 1 atom stereocenters. The van der Waals surface area contributed by atoms with E-state index in [1.165, 1.54) is 250 Å². The van der Waals surface area contributed by atoms with E-state index < -0.39 is 0 Å². The van der Waals surface area contributed by atoms with Crippen molar-refractivity contribution in [3.8, 4) is 0 Å². The van der Waals surface area contributed by atoms with E-state index in [0.29, 0.717) is 13.0 Å². The van der Waals surface area contributed by atoms with Gasteiger partial charge in [0.15, 0.2) is 0 Å². The van der Waals surface area contributed by atoms with Gasteiger partial charge in [-0.2, -0.15) is 0 Å². The molecule has 0 saturated carbocycles. The molecule has 0 rings (SSSR count). The number of carbonyl (C=O) groups is 1. The molecule has 0 aliphatic carbocycles. The second-order valence-electron chi connectivity index (χ2n) is 18.1. The SMILES string of the molecule is CCCCC/C=C\C/C=C\CCCCCCCC(=O)OCCCCCCCCCCCCCCCCCCCCCCCCCCCCCCCCC(C)CC. The van der Waals surface area contributed by atoms with Crippen molar-refractivity contribution in [3.63, 3.8) is 0 Å². The molecule has 0 amide bonds. The first-order valence-corrected chi connectivity index (χ1v) is 26.2. The zero-order chi connectivity index (χ0) is 40.5. The third kappa shape index (κ3) is 49.1. The van der Waals surface area contributed by atoms with Crippen molar-refractivity contribution in [2.24, 2.45) is 5.92 Å². The maximum Gasteiger partial charge on any atom is 0.305 e. The van der Waals surface area contributed by atoms with Crippen LogP contribution in [0, 0.1) is 5.92 Å². The van der Waals surface area contributed by atoms with Crippen molar-refractivity contribution in [2.75, 3.05) is 6.61 Å². The Balaban J connectivity index is 3.17. The Morgan fingerprint density at radius 1 is 0.393 bits per heavy atom. The van der Waals surface area contributed by atoms with E-state index in [-0.39, 0.29) is 5.97 Å². The minimum Gasteiger partial charge on any atom is -0.466 e. The molecule has 332 valence electrons. The third-order valence-electron chi connectivity index (χ3n) is 12.4. The first-order chi connectivity index (χ1) is 27.7. The summed E-state index contributed by atoms with van der Waals surface area (Å²) in [5.41, 5.74) is 0. The number of ether oxygens (including phenoxy) is 1. The second-order valence-corrected chi connectivity index (χ2v) is 18.1. The molecule has 0 aliphatic heterocycles. The van der Waals surface area contributed by atoms with Crippen molar-refractivity contribution in [3.05, 3.63) is 24.3 Å². The smallest absolute Gasteiger partial charge is 0.305 e. The average molecular weight is 785 g/mol. The van der Waals surface area contributed by atoms with Gasteiger partial charge < -0.3 is 4.74 Å². The topological polar surface area (TPSA) is 26.3 Å². The lowest BCUT2D eigenvalue weighted by Gasteiger charge is -2.07. The monoisotopic (exact) mass is 785 g/mol. The molecule has 0 bridgehead atoms. The number of hydrogen-bond acceptors (Lipinski definition) is 2. The van der Waals surface area contributed by atoms with Crippen LogP contribution in [0.4, 0.5) is 0 Å². The van der Waals surface area contributed by atoms with Gasteiger partial charge in [0.05, 0.1) is 6.61 Å². The highest BCUT2D eigenvalue weighted by molar-refractivity contribution is 5.69. The molecule has 56 heavy (non-hydrogen) atoms. The Bertz CT molecular complexity index is 783. The quantitative estimate of drug-likeness (QED) is 0.0349. The Morgan fingerprint density at radius 2 is 0.714 bits per heavy atom. The van der Waals surface area contributed by atoms with Crippen LogP contribution in [0.15, 0.2) is 24.3 Å². The maximum absolute atomic E-state index is 12.0. The highest BCUT2D eigenvalue weighted by atomic mass is 16.5. The van der Waals surface area contributed by atoms with Crippen molar-refractivity contribution >= 4 is 5.97 Å². The van der Waals surface area contributed by atoms with Crippen LogP contribution in [0.3, 0.4) is 0 Å². The van der Waals surface area contributed by atoms with Gasteiger partial charge in [0.1, 0.15) is 0 Å². The van der Waals surface area contributed by atoms with Gasteiger partial charge >= 0.3 is 5.97 Å². The lowest BCUT2D eigenvalue weighted by molar-refractivity contribution is -0.143. The predicted octanol–water partition coefficient (Wildman–Crippen LogP) is 19.5. The van der Waals surface area contributed by atoms with E-state index in [4.69, 9.17) is 4.74 Å². The first kappa shape index (κ1) is 55.0. The summed E-state index contributed by atoms with van der Waals surface area (Å²) < 4.78 is 5.48. The van der Waals surface area contributed by atoms with Gasteiger partial charge in [-0.3, -0.25) is 4.79 Å². The van der Waals surface area contributed by atoms with Gasteiger partial charge in [-0.15, -0.1) is 0 Å². The summed E-state index contributed by atoms with van der Waals surface area (Å²) >= 11 is 0. The van der Waals surface area contributed by atoms with Gasteiger partial charge in [0.25, 0.3) is 0 Å². The van der Waals surface area contributed by atoms with Crippen LogP contribution in [-0.4, -0.2) is 12.6 Å². The Kier molecular flexibility index (Phi) is 49.2. The third-order valence-corrected chi connectivity index (χ3v) is 12.4. The van der Waals surface area contributed by atoms with E-state index in [2.05, 4.69) is 45.1 Å². The second kappa shape index (κ2) is 50.1. The molecule has 0 aliphatic rings. The highest BCUT2D eigenvalue weighted by Gasteiger charge is 2.03. The fourth-order valence-corrected chi connectivity index (χ4v) is 8.09. The van der Waals surface area contributed by atoms with E-state index >= 15 is 0 Å². The van der Waals surface area contributed by atoms with E-state index in [1.807, 2.05) is 0 Å². The molecule has 0 aromatic heterocycles. The first-order valence-electron chi connectivity index (χ1n) is 26.2. The van der Waals surface area contributed by atoms with Gasteiger partial charge in [-0.25, -0.2) is 0 Å². The summed E-state index contributed by atoms with van der Waals surface area (Å²) in [5.74, 6) is 0.954. The normalized spacial score (nSPS) is 12.4. The summed E-state index contributed by atoms with van der Waals surface area (Å²) in [6, 6.07) is 0. The largest absolute Gasteiger partial charge is 0.466 e. The molecule has 0 N–H and O–H groups in total. The molecule has 1 unspecified atom stereocenters. The summed E-state index contributed by atoms with van der Waals surface area (Å²) in [6.07, 6.45) is 68.9. The predicted molar refractivity (Wildman–Crippen MR) is 253 cm³/mol. The lowest BCUT2D eigenvalue weighted by atomic mass is 9.99. The molecule has 0 saturated heterocycles. The molecule has 0 aromatic carbocycles. The number of unbranched alkanes of at least 4 members (excludes halogenated alkanes) is 37. The van der Waals surface area contributed by atoms with Crippen LogP contribution in [0.1, 0.15) is 303 Å². The zero-order valence-electron chi connectivity index (χ0n) is 39.0. The van der Waals surface area contributed by atoms with Crippen molar-refractivity contribution < 1.29 is 9.53 Å². The summed E-state index contributed by atoms with van der Waals surface area (Å²) in [6.45, 7) is 7.61. The van der Waals surface area contributed by atoms with Crippen molar-refractivity contribution in [1.82, 2.24) is 0 Å². The van der Waals surface area contributed by atoms with E-state index in [1.54, 1.807) is 0 Å². The van der Waals surface area contributed by atoms with Crippen LogP contribution in [-0.2, 0) is 9.53 Å². The molecular formula is C54H104O2. The minimum absolute atomic E-state index is 0.0152. The summed E-state index contributed by atoms with van der Waals surface area (Å²) in [5, 5.41) is 0. The Labute approximate surface area is 354 Å². The summed E-state index contributed by atoms with van der Waals surface area (Å²) in [7, 11) is 0. The van der Waals surface area contributed by atoms with Crippen LogP contribution in [0.2, 0.25) is 0 Å². The summed E-state index contributed by atoms with van der Waals surface area (Å²) in [4.78, 5) is 12.0. The minimum atomic E-state index is 0.0152. The van der Waals surface area contributed by atoms with Gasteiger partial charge in [0.2, 0.25) is 0 Å². The van der Waals surface area contributed by atoms with Crippen molar-refractivity contribution in [2.45, 2.75) is 303 Å². The standard InChI is InChI=1S/C54H104O2/c1-4-6-7-8-9-10-11-12-29-33-36-39-42-45-48-51-54(55)56-52-49-46-43-40-37-34-31-28-26-24-22-20-18-16-14-13-15-17-19-21-23-25-27-30-32-35-38-41-44-47-50-53(3)5-2/h9-10,12,29,53H,4-8,11,13-28,30-52H2,1-3H3/b10-9-,29-12-. The molecule has 0 heterocycles. The fourth-order valence-electron chi connectivity index (χ4n) is 8.09. The van der Waals surface area contributed by atoms with Crippen LogP contribution in [0.5, 0.6) is 0 Å². The Hall–Kier alpha value is -1.05. The highest BCUT2D eigenvalue weighted by Crippen LogP contribution is 2.18.